The van der Waals surface area contributed by atoms with Crippen molar-refractivity contribution in [3.8, 4) is 0 Å². The lowest BCUT2D eigenvalue weighted by atomic mass is 10.7. The van der Waals surface area contributed by atoms with Crippen molar-refractivity contribution in [1.29, 1.82) is 0 Å². The maximum atomic E-state index is 3.68. The van der Waals surface area contributed by atoms with E-state index in [9.17, 15) is 0 Å². The number of nitrogens with one attached hydrogen (secondary N) is 1. The van der Waals surface area contributed by atoms with E-state index in [1.165, 1.54) is 11.9 Å². The van der Waals surface area contributed by atoms with Gasteiger partial charge in [-0.3, -0.25) is 23.5 Å². The first-order valence-electron chi connectivity index (χ1n) is 1.59. The second-order valence-electron chi connectivity index (χ2n) is 0.816. The molecule has 0 saturated carbocycles. The summed E-state index contributed by atoms with van der Waals surface area (Å²) in [6.45, 7) is 0. The molecule has 11 heavy (non-hydrogen) atoms. The Morgan fingerprint density at radius 1 is 1.00 bits per heavy atom. The normalized spacial score (nSPS) is 9.45. The molecular formula is C3H9F5N2S. The van der Waals surface area contributed by atoms with Crippen LogP contribution in [0.2, 0.25) is 0 Å². The SMILES string of the molecule is C1=CSNN=C1.F.F.F.F.F. The fourth-order valence-corrected chi connectivity index (χ4v) is 0.540. The molecule has 2 nitrogen and oxygen atoms in total. The van der Waals surface area contributed by atoms with Crippen LogP contribution < -0.4 is 4.83 Å². The van der Waals surface area contributed by atoms with E-state index in [0.717, 1.165) is 0 Å². The van der Waals surface area contributed by atoms with Gasteiger partial charge in [0.25, 0.3) is 0 Å². The monoisotopic (exact) mass is 200 g/mol. The summed E-state index contributed by atoms with van der Waals surface area (Å²) in [5, 5.41) is 5.60. The molecule has 1 rings (SSSR count). The van der Waals surface area contributed by atoms with Crippen LogP contribution in [-0.4, -0.2) is 6.21 Å². The molecule has 0 radical (unpaired) electrons. The topological polar surface area (TPSA) is 24.4 Å². The zero-order chi connectivity index (χ0) is 4.24. The summed E-state index contributed by atoms with van der Waals surface area (Å²) >= 11 is 1.47. The molecule has 1 N–H and O–H groups in total. The quantitative estimate of drug-likeness (QED) is 0.473. The van der Waals surface area contributed by atoms with Crippen LogP contribution in [0.15, 0.2) is 16.6 Å². The van der Waals surface area contributed by atoms with Crippen molar-refractivity contribution in [3.05, 3.63) is 11.5 Å². The first-order chi connectivity index (χ1) is 3.00. The van der Waals surface area contributed by atoms with Gasteiger partial charge in [0.1, 0.15) is 0 Å². The maximum absolute atomic E-state index is 3.68. The summed E-state index contributed by atoms with van der Waals surface area (Å²) in [4.78, 5) is 2.68. The predicted octanol–water partition coefficient (Wildman–Crippen LogP) is 1.50. The van der Waals surface area contributed by atoms with E-state index in [1.807, 2.05) is 11.5 Å². The predicted molar refractivity (Wildman–Crippen MR) is 40.9 cm³/mol. The van der Waals surface area contributed by atoms with Gasteiger partial charge >= 0.3 is 0 Å². The zero-order valence-electron chi connectivity index (χ0n) is 5.13. The van der Waals surface area contributed by atoms with Crippen LogP contribution in [0.25, 0.3) is 0 Å². The number of allylic oxidation sites excluding steroid dienone is 1. The molecule has 0 aromatic heterocycles. The van der Waals surface area contributed by atoms with Gasteiger partial charge in [-0.15, -0.1) is 0 Å². The summed E-state index contributed by atoms with van der Waals surface area (Å²) < 4.78 is 0. The molecule has 0 spiro atoms. The van der Waals surface area contributed by atoms with Gasteiger partial charge in [0.15, 0.2) is 0 Å². The van der Waals surface area contributed by atoms with Crippen LogP contribution in [0.3, 0.4) is 0 Å². The third-order valence-electron chi connectivity index (χ3n) is 0.413. The van der Waals surface area contributed by atoms with Crippen LogP contribution in [0.1, 0.15) is 0 Å². The summed E-state index contributed by atoms with van der Waals surface area (Å²) in [7, 11) is 0. The van der Waals surface area contributed by atoms with E-state index in [2.05, 4.69) is 9.93 Å². The average molecular weight is 200 g/mol. The van der Waals surface area contributed by atoms with E-state index in [0.29, 0.717) is 0 Å². The fraction of sp³-hybridized carbons (Fsp3) is 0. The van der Waals surface area contributed by atoms with E-state index in [4.69, 9.17) is 0 Å². The number of rotatable bonds is 0. The number of hydrogen-bond donors (Lipinski definition) is 1. The highest BCUT2D eigenvalue weighted by Crippen LogP contribution is 1.95. The van der Waals surface area contributed by atoms with Crippen LogP contribution in [0.5, 0.6) is 0 Å². The van der Waals surface area contributed by atoms with Crippen LogP contribution >= 0.6 is 11.9 Å². The van der Waals surface area contributed by atoms with Gasteiger partial charge in [0.2, 0.25) is 0 Å². The Balaban J connectivity index is -0.0000000240. The van der Waals surface area contributed by atoms with Crippen molar-refractivity contribution >= 4 is 18.2 Å². The van der Waals surface area contributed by atoms with Crippen LogP contribution in [0.4, 0.5) is 23.5 Å². The first kappa shape index (κ1) is 31.9. The molecule has 1 aliphatic rings. The molecule has 0 aromatic rings. The third kappa shape index (κ3) is 17.6. The van der Waals surface area contributed by atoms with E-state index in [1.54, 1.807) is 6.21 Å². The Hall–Kier alpha value is -0.790. The van der Waals surface area contributed by atoms with Crippen molar-refractivity contribution in [1.82, 2.24) is 4.83 Å². The molecule has 1 heterocycles. The van der Waals surface area contributed by atoms with Crippen molar-refractivity contribution in [2.75, 3.05) is 0 Å². The van der Waals surface area contributed by atoms with E-state index in [-0.39, 0.29) is 23.5 Å². The Labute approximate surface area is 64.1 Å². The number of hydrogen-bond acceptors (Lipinski definition) is 3. The van der Waals surface area contributed by atoms with Gasteiger partial charge in [0.05, 0.1) is 0 Å². The van der Waals surface area contributed by atoms with Gasteiger partial charge in [-0.25, -0.2) is 4.83 Å². The average Bonchev–Trinajstić information content (AvgIpc) is 1.72. The third-order valence-corrected chi connectivity index (χ3v) is 0.917. The summed E-state index contributed by atoms with van der Waals surface area (Å²) in [6, 6.07) is 0. The molecule has 0 amide bonds. The van der Waals surface area contributed by atoms with Crippen LogP contribution in [-0.2, 0) is 0 Å². The van der Waals surface area contributed by atoms with Gasteiger partial charge in [-0.1, -0.05) is 0 Å². The molecule has 72 valence electrons. The van der Waals surface area contributed by atoms with Gasteiger partial charge in [-0.2, -0.15) is 5.10 Å². The fourth-order valence-electron chi connectivity index (χ4n) is 0.209. The van der Waals surface area contributed by atoms with Gasteiger partial charge < -0.3 is 0 Å². The Morgan fingerprint density at radius 3 is 1.64 bits per heavy atom. The minimum atomic E-state index is 0. The smallest absolute Gasteiger partial charge is 0.0484 e. The molecular weight excluding hydrogens is 191 g/mol. The molecule has 0 unspecified atom stereocenters. The summed E-state index contributed by atoms with van der Waals surface area (Å²) in [5.74, 6) is 0. The highest BCUT2D eigenvalue weighted by Gasteiger charge is 1.75. The minimum Gasteiger partial charge on any atom is -0.269 e. The minimum absolute atomic E-state index is 0. The lowest BCUT2D eigenvalue weighted by molar-refractivity contribution is 1.11. The lowest BCUT2D eigenvalue weighted by Crippen LogP contribution is -1.91. The number of halogens is 5. The zero-order valence-corrected chi connectivity index (χ0v) is 5.95. The molecule has 1 aliphatic heterocycles. The number of nitrogens with zero attached hydrogens (tertiary/aromatic N) is 1. The van der Waals surface area contributed by atoms with Crippen molar-refractivity contribution in [2.45, 2.75) is 0 Å². The molecule has 0 bridgehead atoms. The Morgan fingerprint density at radius 2 is 1.55 bits per heavy atom. The second kappa shape index (κ2) is 22.9. The van der Waals surface area contributed by atoms with Gasteiger partial charge in [0, 0.05) is 6.21 Å². The Kier molecular flexibility index (Phi) is 66.3. The number of hydrazone groups is 1. The van der Waals surface area contributed by atoms with Gasteiger partial charge in [-0.05, 0) is 23.4 Å². The molecule has 0 aliphatic carbocycles. The Bertz CT molecular complexity index is 85.7. The van der Waals surface area contributed by atoms with Crippen molar-refractivity contribution < 1.29 is 23.5 Å². The summed E-state index contributed by atoms with van der Waals surface area (Å²) in [5.41, 5.74) is 0. The van der Waals surface area contributed by atoms with Crippen molar-refractivity contribution in [3.63, 3.8) is 0 Å². The first-order valence-corrected chi connectivity index (χ1v) is 2.47. The highest BCUT2D eigenvalue weighted by molar-refractivity contribution is 8.00. The molecule has 0 fully saturated rings. The molecule has 0 atom stereocenters. The lowest BCUT2D eigenvalue weighted by Gasteiger charge is -1.92. The van der Waals surface area contributed by atoms with Crippen molar-refractivity contribution in [2.24, 2.45) is 5.10 Å². The van der Waals surface area contributed by atoms with E-state index >= 15 is 0 Å². The van der Waals surface area contributed by atoms with Crippen LogP contribution in [0, 0.1) is 0 Å². The molecule has 0 aromatic carbocycles. The largest absolute Gasteiger partial charge is 0.269 e. The molecule has 0 saturated heterocycles. The highest BCUT2D eigenvalue weighted by atomic mass is 32.2. The van der Waals surface area contributed by atoms with E-state index < -0.39 is 0 Å². The second-order valence-corrected chi connectivity index (χ2v) is 1.51. The molecule has 8 heteroatoms. The standard InChI is InChI=1S/C3H4N2S.5FH/c1-2-4-5-6-3-1;;;;;/h1-3,5H;5*1H. The maximum Gasteiger partial charge on any atom is 0.0484 e. The summed E-state index contributed by atoms with van der Waals surface area (Å²) in [6.07, 6.45) is 3.58.